The molecule has 0 saturated heterocycles. The molecule has 162 valence electrons. The molecule has 0 aliphatic carbocycles. The summed E-state index contributed by atoms with van der Waals surface area (Å²) in [7, 11) is 0. The largest absolute Gasteiger partial charge is 0.351 e. The first-order valence-corrected chi connectivity index (χ1v) is 11.2. The number of carbonyl (C=O) groups is 1. The second-order valence-electron chi connectivity index (χ2n) is 7.01. The van der Waals surface area contributed by atoms with Crippen LogP contribution in [0.2, 0.25) is 5.02 Å². The van der Waals surface area contributed by atoms with Gasteiger partial charge in [-0.15, -0.1) is 10.2 Å². The van der Waals surface area contributed by atoms with E-state index in [2.05, 4.69) is 15.5 Å². The van der Waals surface area contributed by atoms with E-state index in [9.17, 15) is 9.59 Å². The molecular formula is C23H20ClN5O2S. The second-order valence-corrected chi connectivity index (χ2v) is 8.39. The Morgan fingerprint density at radius 2 is 1.84 bits per heavy atom. The summed E-state index contributed by atoms with van der Waals surface area (Å²) in [6, 6.07) is 20.3. The summed E-state index contributed by atoms with van der Waals surface area (Å²) in [5.74, 6) is 0.115. The fourth-order valence-corrected chi connectivity index (χ4v) is 4.00. The average Bonchev–Trinajstić information content (AvgIpc) is 3.27. The quantitative estimate of drug-likeness (QED) is 0.402. The van der Waals surface area contributed by atoms with Gasteiger partial charge in [0.1, 0.15) is 6.33 Å². The summed E-state index contributed by atoms with van der Waals surface area (Å²) < 4.78 is 3.44. The van der Waals surface area contributed by atoms with E-state index < -0.39 is 0 Å². The fourth-order valence-electron chi connectivity index (χ4n) is 3.06. The van der Waals surface area contributed by atoms with E-state index in [0.29, 0.717) is 23.3 Å². The molecule has 1 amide bonds. The maximum absolute atomic E-state index is 12.3. The Kier molecular flexibility index (Phi) is 7.03. The summed E-state index contributed by atoms with van der Waals surface area (Å²) in [6.07, 6.45) is 3.36. The van der Waals surface area contributed by atoms with Gasteiger partial charge in [-0.1, -0.05) is 59.8 Å². The van der Waals surface area contributed by atoms with E-state index in [0.717, 1.165) is 16.8 Å². The number of halogens is 1. The Bertz CT molecular complexity index is 1270. The van der Waals surface area contributed by atoms with Crippen molar-refractivity contribution in [1.82, 2.24) is 24.6 Å². The third kappa shape index (κ3) is 5.66. The number of thioether (sulfide) groups is 1. The zero-order valence-corrected chi connectivity index (χ0v) is 18.6. The van der Waals surface area contributed by atoms with E-state index in [1.54, 1.807) is 39.9 Å². The highest BCUT2D eigenvalue weighted by Gasteiger charge is 2.10. The molecular weight excluding hydrogens is 446 g/mol. The van der Waals surface area contributed by atoms with E-state index in [1.807, 2.05) is 48.5 Å². The number of nitrogens with zero attached hydrogens (tertiary/aromatic N) is 4. The number of aromatic nitrogens is 4. The maximum atomic E-state index is 12.3. The van der Waals surface area contributed by atoms with Crippen LogP contribution in [-0.2, 0) is 17.9 Å². The van der Waals surface area contributed by atoms with Crippen LogP contribution in [0.5, 0.6) is 0 Å². The summed E-state index contributed by atoms with van der Waals surface area (Å²) in [5, 5.41) is 12.2. The van der Waals surface area contributed by atoms with Gasteiger partial charge in [-0.2, -0.15) is 0 Å². The lowest BCUT2D eigenvalue weighted by molar-refractivity contribution is -0.118. The van der Waals surface area contributed by atoms with Gasteiger partial charge < -0.3 is 9.88 Å². The molecule has 2 aromatic carbocycles. The normalized spacial score (nSPS) is 10.8. The molecule has 0 radical (unpaired) electrons. The van der Waals surface area contributed by atoms with Gasteiger partial charge in [0, 0.05) is 23.8 Å². The van der Waals surface area contributed by atoms with Crippen molar-refractivity contribution in [2.45, 2.75) is 18.2 Å². The molecule has 2 heterocycles. The van der Waals surface area contributed by atoms with Crippen LogP contribution in [-0.4, -0.2) is 31.0 Å². The smallest absolute Gasteiger partial charge is 0.250 e. The van der Waals surface area contributed by atoms with Gasteiger partial charge in [0.05, 0.1) is 18.0 Å². The highest BCUT2D eigenvalue weighted by atomic mass is 35.5. The van der Waals surface area contributed by atoms with Crippen molar-refractivity contribution in [3.05, 3.63) is 106 Å². The summed E-state index contributed by atoms with van der Waals surface area (Å²) in [4.78, 5) is 24.1. The van der Waals surface area contributed by atoms with Crippen LogP contribution < -0.4 is 10.9 Å². The van der Waals surface area contributed by atoms with Gasteiger partial charge in [-0.25, -0.2) is 0 Å². The number of carbonyl (C=O) groups excluding carboxylic acids is 1. The molecule has 32 heavy (non-hydrogen) atoms. The monoisotopic (exact) mass is 465 g/mol. The van der Waals surface area contributed by atoms with E-state index >= 15 is 0 Å². The van der Waals surface area contributed by atoms with Crippen molar-refractivity contribution in [3.63, 3.8) is 0 Å². The minimum atomic E-state index is -0.101. The number of hydrogen-bond donors (Lipinski definition) is 1. The highest BCUT2D eigenvalue weighted by molar-refractivity contribution is 7.99. The Balaban J connectivity index is 1.28. The molecule has 4 aromatic rings. The van der Waals surface area contributed by atoms with Crippen molar-refractivity contribution in [1.29, 1.82) is 0 Å². The number of benzene rings is 2. The molecule has 0 atom stereocenters. The molecule has 0 saturated carbocycles. The second kappa shape index (κ2) is 10.3. The molecule has 0 aliphatic rings. The van der Waals surface area contributed by atoms with E-state index in [-0.39, 0.29) is 17.2 Å². The standard InChI is InChI=1S/C23H20ClN5O2S/c24-19-4-3-5-20(12-19)29-16-26-27-23(29)32-15-21(30)25-13-17-7-9-18(10-8-17)14-28-11-2-1-6-22(28)31/h1-12,16H,13-15H2,(H,25,30). The highest BCUT2D eigenvalue weighted by Crippen LogP contribution is 2.21. The Hall–Kier alpha value is -3.36. The SMILES string of the molecule is O=C(CSc1nncn1-c1cccc(Cl)c1)NCc1ccc(Cn2ccccc2=O)cc1. The predicted molar refractivity (Wildman–Crippen MR) is 125 cm³/mol. The molecule has 1 N–H and O–H groups in total. The summed E-state index contributed by atoms with van der Waals surface area (Å²) in [5.41, 5.74) is 2.80. The minimum Gasteiger partial charge on any atom is -0.351 e. The molecule has 4 rings (SSSR count). The van der Waals surface area contributed by atoms with Gasteiger partial charge in [-0.3, -0.25) is 14.2 Å². The van der Waals surface area contributed by atoms with Crippen molar-refractivity contribution >= 4 is 29.3 Å². The lowest BCUT2D eigenvalue weighted by Gasteiger charge is -2.09. The lowest BCUT2D eigenvalue weighted by atomic mass is 10.1. The molecule has 9 heteroatoms. The molecule has 0 unspecified atom stereocenters. The van der Waals surface area contributed by atoms with Crippen molar-refractivity contribution in [2.24, 2.45) is 0 Å². The first-order chi connectivity index (χ1) is 15.6. The third-order valence-corrected chi connectivity index (χ3v) is 5.88. The van der Waals surface area contributed by atoms with Gasteiger partial charge in [0.15, 0.2) is 5.16 Å². The number of amides is 1. The Labute approximate surface area is 194 Å². The fraction of sp³-hybridized carbons (Fsp3) is 0.130. The van der Waals surface area contributed by atoms with Crippen molar-refractivity contribution in [2.75, 3.05) is 5.75 Å². The van der Waals surface area contributed by atoms with E-state index in [4.69, 9.17) is 11.6 Å². The average molecular weight is 466 g/mol. The van der Waals surface area contributed by atoms with Gasteiger partial charge in [0.2, 0.25) is 5.91 Å². The van der Waals surface area contributed by atoms with Gasteiger partial charge >= 0.3 is 0 Å². The van der Waals surface area contributed by atoms with E-state index in [1.165, 1.54) is 11.8 Å². The predicted octanol–water partition coefficient (Wildman–Crippen LogP) is 3.54. The van der Waals surface area contributed by atoms with Crippen LogP contribution >= 0.6 is 23.4 Å². The van der Waals surface area contributed by atoms with Gasteiger partial charge in [-0.05, 0) is 35.4 Å². The maximum Gasteiger partial charge on any atom is 0.250 e. The third-order valence-electron chi connectivity index (χ3n) is 4.70. The van der Waals surface area contributed by atoms with Crippen LogP contribution in [0, 0.1) is 0 Å². The summed E-state index contributed by atoms with van der Waals surface area (Å²) >= 11 is 7.36. The number of pyridine rings is 1. The molecule has 0 spiro atoms. The van der Waals surface area contributed by atoms with Crippen molar-refractivity contribution in [3.8, 4) is 5.69 Å². The van der Waals surface area contributed by atoms with Crippen LogP contribution in [0.4, 0.5) is 0 Å². The molecule has 0 fully saturated rings. The lowest BCUT2D eigenvalue weighted by Crippen LogP contribution is -2.24. The number of hydrogen-bond acceptors (Lipinski definition) is 5. The van der Waals surface area contributed by atoms with Crippen molar-refractivity contribution < 1.29 is 4.79 Å². The molecule has 2 aromatic heterocycles. The minimum absolute atomic E-state index is 0.0347. The van der Waals surface area contributed by atoms with Crippen LogP contribution in [0.3, 0.4) is 0 Å². The van der Waals surface area contributed by atoms with Crippen LogP contribution in [0.1, 0.15) is 11.1 Å². The Morgan fingerprint density at radius 1 is 1.03 bits per heavy atom. The zero-order valence-electron chi connectivity index (χ0n) is 17.0. The number of rotatable bonds is 8. The van der Waals surface area contributed by atoms with Crippen LogP contribution in [0.15, 0.2) is 89.2 Å². The van der Waals surface area contributed by atoms with Gasteiger partial charge in [0.25, 0.3) is 5.56 Å². The summed E-state index contributed by atoms with van der Waals surface area (Å²) in [6.45, 7) is 0.933. The molecule has 0 aliphatic heterocycles. The molecule has 7 nitrogen and oxygen atoms in total. The number of nitrogens with one attached hydrogen (secondary N) is 1. The van der Waals surface area contributed by atoms with Crippen LogP contribution in [0.25, 0.3) is 5.69 Å². The molecule has 0 bridgehead atoms. The zero-order chi connectivity index (χ0) is 22.3. The Morgan fingerprint density at radius 3 is 2.62 bits per heavy atom. The first-order valence-electron chi connectivity index (χ1n) is 9.87. The topological polar surface area (TPSA) is 81.8 Å². The first kappa shape index (κ1) is 21.9.